The first kappa shape index (κ1) is 13.9. The maximum atomic E-state index is 10.7. The Labute approximate surface area is 101 Å². The summed E-state index contributed by atoms with van der Waals surface area (Å²) < 4.78 is 4.53. The molecule has 0 rings (SSSR count). The van der Waals surface area contributed by atoms with Crippen LogP contribution in [0.25, 0.3) is 0 Å². The number of allylic oxidation sites excluding steroid dienone is 1. The Bertz CT molecular complexity index is 157. The van der Waals surface area contributed by atoms with Gasteiger partial charge in [-0.3, -0.25) is 4.79 Å². The van der Waals surface area contributed by atoms with Gasteiger partial charge in [-0.1, -0.05) is 31.8 Å². The summed E-state index contributed by atoms with van der Waals surface area (Å²) in [6, 6.07) is 0. The molecule has 0 aliphatic heterocycles. The van der Waals surface area contributed by atoms with Gasteiger partial charge in [0.05, 0.1) is 0 Å². The van der Waals surface area contributed by atoms with Gasteiger partial charge in [0.1, 0.15) is 0 Å². The third-order valence-electron chi connectivity index (χ3n) is 2.13. The van der Waals surface area contributed by atoms with Crippen LogP contribution in [0, 0.1) is 0 Å². The molecule has 0 bridgehead atoms. The summed E-state index contributed by atoms with van der Waals surface area (Å²) in [7, 11) is 0. The molecule has 3 heteroatoms. The number of hydrogen-bond acceptors (Lipinski definition) is 2. The zero-order valence-electron chi connectivity index (χ0n) is 8.64. The summed E-state index contributed by atoms with van der Waals surface area (Å²) in [6.07, 6.45) is 10.8. The monoisotopic (exact) mass is 310 g/mol. The van der Waals surface area contributed by atoms with Crippen molar-refractivity contribution in [2.45, 2.75) is 51.4 Å². The standard InChI is InChI=1S/C11H19IO2/c1-2-3-4-5-6-7-8-9-10-11(13)14-12/h2H,1,3-10H2. The van der Waals surface area contributed by atoms with Crippen molar-refractivity contribution in [3.8, 4) is 0 Å². The summed E-state index contributed by atoms with van der Waals surface area (Å²) in [4.78, 5) is 10.7. The second-order valence-electron chi connectivity index (χ2n) is 3.40. The van der Waals surface area contributed by atoms with Crippen LogP contribution in [0.5, 0.6) is 0 Å². The lowest BCUT2D eigenvalue weighted by atomic mass is 10.1. The molecule has 0 atom stereocenters. The zero-order chi connectivity index (χ0) is 10.6. The quantitative estimate of drug-likeness (QED) is 0.363. The van der Waals surface area contributed by atoms with Gasteiger partial charge < -0.3 is 3.07 Å². The van der Waals surface area contributed by atoms with E-state index in [0.29, 0.717) is 6.42 Å². The molecule has 0 radical (unpaired) electrons. The molecule has 82 valence electrons. The Kier molecular flexibility index (Phi) is 11.0. The molecule has 0 N–H and O–H groups in total. The lowest BCUT2D eigenvalue weighted by Crippen LogP contribution is -1.95. The third-order valence-corrected chi connectivity index (χ3v) is 2.62. The molecule has 0 aromatic heterocycles. The van der Waals surface area contributed by atoms with Crippen LogP contribution in [0.4, 0.5) is 0 Å². The first-order chi connectivity index (χ1) is 6.81. The largest absolute Gasteiger partial charge is 0.394 e. The smallest absolute Gasteiger partial charge is 0.315 e. The third kappa shape index (κ3) is 10.0. The highest BCUT2D eigenvalue weighted by molar-refractivity contribution is 14.1. The van der Waals surface area contributed by atoms with Crippen LogP contribution in [0.3, 0.4) is 0 Å². The SMILES string of the molecule is C=CCCCCCCCCC(=O)OI. The molecule has 0 aliphatic rings. The summed E-state index contributed by atoms with van der Waals surface area (Å²) in [5.74, 6) is -0.0998. The van der Waals surface area contributed by atoms with Crippen LogP contribution >= 0.6 is 23.0 Å². The number of halogens is 1. The lowest BCUT2D eigenvalue weighted by Gasteiger charge is -1.99. The van der Waals surface area contributed by atoms with Crippen molar-refractivity contribution < 1.29 is 7.86 Å². The van der Waals surface area contributed by atoms with E-state index in [-0.39, 0.29) is 5.97 Å². The predicted molar refractivity (Wildman–Crippen MR) is 67.2 cm³/mol. The molecule has 0 saturated heterocycles. The first-order valence-electron chi connectivity index (χ1n) is 5.23. The van der Waals surface area contributed by atoms with Crippen molar-refractivity contribution in [2.24, 2.45) is 0 Å². The Morgan fingerprint density at radius 3 is 2.29 bits per heavy atom. The molecular weight excluding hydrogens is 291 g/mol. The van der Waals surface area contributed by atoms with Gasteiger partial charge in [-0.15, -0.1) is 6.58 Å². The van der Waals surface area contributed by atoms with E-state index in [1.807, 2.05) is 6.08 Å². The fourth-order valence-electron chi connectivity index (χ4n) is 1.30. The number of carbonyl (C=O) groups is 1. The molecule has 0 aromatic carbocycles. The Morgan fingerprint density at radius 1 is 1.14 bits per heavy atom. The summed E-state index contributed by atoms with van der Waals surface area (Å²) in [5.41, 5.74) is 0. The number of carbonyl (C=O) groups excluding carboxylic acids is 1. The van der Waals surface area contributed by atoms with Gasteiger partial charge in [-0.2, -0.15) is 0 Å². The van der Waals surface area contributed by atoms with Crippen molar-refractivity contribution in [3.63, 3.8) is 0 Å². The molecule has 0 heterocycles. The van der Waals surface area contributed by atoms with E-state index in [9.17, 15) is 4.79 Å². The second kappa shape index (κ2) is 11.0. The highest BCUT2D eigenvalue weighted by Gasteiger charge is 1.99. The van der Waals surface area contributed by atoms with Crippen LogP contribution in [0.15, 0.2) is 12.7 Å². The van der Waals surface area contributed by atoms with E-state index < -0.39 is 0 Å². The zero-order valence-corrected chi connectivity index (χ0v) is 10.8. The highest BCUT2D eigenvalue weighted by Crippen LogP contribution is 2.09. The fraction of sp³-hybridized carbons (Fsp3) is 0.727. The first-order valence-corrected chi connectivity index (χ1v) is 6.11. The van der Waals surface area contributed by atoms with E-state index in [1.165, 1.54) is 25.7 Å². The van der Waals surface area contributed by atoms with Gasteiger partial charge >= 0.3 is 5.97 Å². The molecule has 2 nitrogen and oxygen atoms in total. The molecule has 14 heavy (non-hydrogen) atoms. The van der Waals surface area contributed by atoms with Crippen LogP contribution in [0.2, 0.25) is 0 Å². The van der Waals surface area contributed by atoms with E-state index in [4.69, 9.17) is 0 Å². The summed E-state index contributed by atoms with van der Waals surface area (Å²) >= 11 is 1.64. The molecule has 0 spiro atoms. The predicted octanol–water partition coefficient (Wildman–Crippen LogP) is 4.19. The Balaban J connectivity index is 2.98. The average Bonchev–Trinajstić information content (AvgIpc) is 2.21. The van der Waals surface area contributed by atoms with E-state index in [2.05, 4.69) is 9.65 Å². The number of hydrogen-bond donors (Lipinski definition) is 0. The molecule has 0 aliphatic carbocycles. The molecule has 0 unspecified atom stereocenters. The molecular formula is C11H19IO2. The maximum Gasteiger partial charge on any atom is 0.315 e. The summed E-state index contributed by atoms with van der Waals surface area (Å²) in [5, 5.41) is 0. The van der Waals surface area contributed by atoms with Crippen molar-refractivity contribution in [2.75, 3.05) is 0 Å². The van der Waals surface area contributed by atoms with E-state index >= 15 is 0 Å². The van der Waals surface area contributed by atoms with Crippen LogP contribution in [-0.2, 0) is 7.86 Å². The fourth-order valence-corrected chi connectivity index (χ4v) is 1.52. The summed E-state index contributed by atoms with van der Waals surface area (Å²) in [6.45, 7) is 3.68. The van der Waals surface area contributed by atoms with Crippen molar-refractivity contribution in [3.05, 3.63) is 12.7 Å². The highest BCUT2D eigenvalue weighted by atomic mass is 127. The van der Waals surface area contributed by atoms with Gasteiger partial charge in [0.25, 0.3) is 0 Å². The van der Waals surface area contributed by atoms with Gasteiger partial charge in [0.2, 0.25) is 0 Å². The van der Waals surface area contributed by atoms with Gasteiger partial charge in [-0.05, 0) is 19.3 Å². The molecule has 0 fully saturated rings. The maximum absolute atomic E-state index is 10.7. The minimum atomic E-state index is -0.0998. The van der Waals surface area contributed by atoms with Gasteiger partial charge in [0.15, 0.2) is 23.0 Å². The van der Waals surface area contributed by atoms with E-state index in [0.717, 1.165) is 19.3 Å². The van der Waals surface area contributed by atoms with Crippen molar-refractivity contribution >= 4 is 29.0 Å². The van der Waals surface area contributed by atoms with Gasteiger partial charge in [-0.25, -0.2) is 0 Å². The second-order valence-corrected chi connectivity index (χ2v) is 3.84. The molecule has 0 aromatic rings. The van der Waals surface area contributed by atoms with Crippen molar-refractivity contribution in [1.29, 1.82) is 0 Å². The minimum absolute atomic E-state index is 0.0998. The molecule has 0 amide bonds. The average molecular weight is 310 g/mol. The van der Waals surface area contributed by atoms with Crippen LogP contribution in [-0.4, -0.2) is 5.97 Å². The Morgan fingerprint density at radius 2 is 1.71 bits per heavy atom. The van der Waals surface area contributed by atoms with Crippen LogP contribution in [0.1, 0.15) is 51.4 Å². The van der Waals surface area contributed by atoms with Crippen molar-refractivity contribution in [1.82, 2.24) is 0 Å². The van der Waals surface area contributed by atoms with Gasteiger partial charge in [0, 0.05) is 6.42 Å². The topological polar surface area (TPSA) is 26.3 Å². The normalized spacial score (nSPS) is 9.79. The number of unbranched alkanes of at least 4 members (excludes halogenated alkanes) is 6. The Hall–Kier alpha value is -0.0600. The van der Waals surface area contributed by atoms with Crippen LogP contribution < -0.4 is 0 Å². The van der Waals surface area contributed by atoms with E-state index in [1.54, 1.807) is 23.0 Å². The molecule has 0 saturated carbocycles. The lowest BCUT2D eigenvalue weighted by molar-refractivity contribution is -0.131. The minimum Gasteiger partial charge on any atom is -0.394 e. The number of rotatable bonds is 9.